The Hall–Kier alpha value is -1.68. The first-order valence-electron chi connectivity index (χ1n) is 7.80. The lowest BCUT2D eigenvalue weighted by molar-refractivity contribution is -0.141. The van der Waals surface area contributed by atoms with Gasteiger partial charge in [0, 0.05) is 13.1 Å². The molecule has 4 heteroatoms. The minimum absolute atomic E-state index is 0.0490. The number of benzene rings is 1. The molecule has 21 heavy (non-hydrogen) atoms. The minimum atomic E-state index is -0.0522. The highest BCUT2D eigenvalue weighted by Gasteiger charge is 2.51. The van der Waals surface area contributed by atoms with Crippen LogP contribution < -0.4 is 5.32 Å². The Kier molecular flexibility index (Phi) is 2.89. The molecule has 110 valence electrons. The Labute approximate surface area is 124 Å². The number of rotatable bonds is 2. The lowest BCUT2D eigenvalue weighted by Gasteiger charge is -2.17. The van der Waals surface area contributed by atoms with Gasteiger partial charge < -0.3 is 5.32 Å². The summed E-state index contributed by atoms with van der Waals surface area (Å²) < 4.78 is 0. The van der Waals surface area contributed by atoms with Crippen molar-refractivity contribution in [1.29, 1.82) is 0 Å². The van der Waals surface area contributed by atoms with Crippen molar-refractivity contribution in [3.8, 4) is 0 Å². The third-order valence-electron chi connectivity index (χ3n) is 5.21. The van der Waals surface area contributed by atoms with E-state index in [2.05, 4.69) is 24.4 Å². The molecule has 2 atom stereocenters. The van der Waals surface area contributed by atoms with Gasteiger partial charge in [0.25, 0.3) is 0 Å². The predicted molar refractivity (Wildman–Crippen MR) is 77.9 cm³/mol. The van der Waals surface area contributed by atoms with E-state index in [1.807, 2.05) is 6.07 Å². The Morgan fingerprint density at radius 3 is 2.48 bits per heavy atom. The molecule has 2 aliphatic heterocycles. The molecule has 1 saturated carbocycles. The van der Waals surface area contributed by atoms with E-state index < -0.39 is 0 Å². The Bertz CT molecular complexity index is 601. The van der Waals surface area contributed by atoms with Crippen molar-refractivity contribution >= 4 is 11.8 Å². The fraction of sp³-hybridized carbons (Fsp3) is 0.529. The third kappa shape index (κ3) is 2.01. The van der Waals surface area contributed by atoms with Crippen LogP contribution in [-0.2, 0) is 29.2 Å². The number of hydrogen-bond donors (Lipinski definition) is 1. The van der Waals surface area contributed by atoms with E-state index >= 15 is 0 Å². The SMILES string of the molecule is CC1CC2C(=O)N(Cc3ccc4c(c3)CNC4)C(=O)C2C1. The van der Waals surface area contributed by atoms with Gasteiger partial charge in [-0.1, -0.05) is 25.1 Å². The van der Waals surface area contributed by atoms with Crippen LogP contribution >= 0.6 is 0 Å². The number of amides is 2. The summed E-state index contributed by atoms with van der Waals surface area (Å²) in [6.07, 6.45) is 1.75. The number of imide groups is 1. The third-order valence-corrected chi connectivity index (χ3v) is 5.21. The molecule has 1 N–H and O–H groups in total. The van der Waals surface area contributed by atoms with Crippen molar-refractivity contribution in [3.05, 3.63) is 34.9 Å². The fourth-order valence-corrected chi connectivity index (χ4v) is 4.13. The van der Waals surface area contributed by atoms with E-state index in [0.29, 0.717) is 12.5 Å². The summed E-state index contributed by atoms with van der Waals surface area (Å²) in [7, 11) is 0. The monoisotopic (exact) mass is 284 g/mol. The first kappa shape index (κ1) is 13.0. The van der Waals surface area contributed by atoms with Crippen molar-refractivity contribution < 1.29 is 9.59 Å². The van der Waals surface area contributed by atoms with Crippen LogP contribution in [0.5, 0.6) is 0 Å². The summed E-state index contributed by atoms with van der Waals surface area (Å²) in [4.78, 5) is 26.4. The number of nitrogens with one attached hydrogen (secondary N) is 1. The average molecular weight is 284 g/mol. The molecule has 0 aromatic heterocycles. The number of hydrogen-bond acceptors (Lipinski definition) is 3. The Morgan fingerprint density at radius 2 is 1.76 bits per heavy atom. The lowest BCUT2D eigenvalue weighted by Crippen LogP contribution is -2.31. The summed E-state index contributed by atoms with van der Waals surface area (Å²) in [5.41, 5.74) is 3.68. The fourth-order valence-electron chi connectivity index (χ4n) is 4.13. The lowest BCUT2D eigenvalue weighted by atomic mass is 10.00. The molecular formula is C17H20N2O2. The standard InChI is InChI=1S/C17H20N2O2/c1-10-4-14-15(5-10)17(21)19(16(14)20)9-11-2-3-12-7-18-8-13(12)6-11/h2-3,6,10,14-15,18H,4-5,7-9H2,1H3. The molecule has 2 unspecified atom stereocenters. The maximum Gasteiger partial charge on any atom is 0.233 e. The van der Waals surface area contributed by atoms with Crippen LogP contribution in [0.1, 0.15) is 36.5 Å². The molecule has 2 fully saturated rings. The maximum atomic E-state index is 12.5. The minimum Gasteiger partial charge on any atom is -0.309 e. The van der Waals surface area contributed by atoms with Crippen LogP contribution in [0.25, 0.3) is 0 Å². The van der Waals surface area contributed by atoms with Crippen molar-refractivity contribution in [2.45, 2.75) is 39.4 Å². The zero-order valence-electron chi connectivity index (χ0n) is 12.3. The molecule has 2 amide bonds. The van der Waals surface area contributed by atoms with E-state index in [0.717, 1.165) is 31.5 Å². The zero-order valence-corrected chi connectivity index (χ0v) is 12.3. The highest BCUT2D eigenvalue weighted by molar-refractivity contribution is 6.05. The molecular weight excluding hydrogens is 264 g/mol. The number of carbonyl (C=O) groups is 2. The molecule has 4 nitrogen and oxygen atoms in total. The van der Waals surface area contributed by atoms with Gasteiger partial charge in [0.2, 0.25) is 11.8 Å². The van der Waals surface area contributed by atoms with E-state index in [1.54, 1.807) is 0 Å². The van der Waals surface area contributed by atoms with E-state index in [-0.39, 0.29) is 23.7 Å². The second-order valence-corrected chi connectivity index (χ2v) is 6.76. The van der Waals surface area contributed by atoms with E-state index in [9.17, 15) is 9.59 Å². The molecule has 0 radical (unpaired) electrons. The molecule has 0 spiro atoms. The van der Waals surface area contributed by atoms with Crippen LogP contribution in [0.15, 0.2) is 18.2 Å². The molecule has 1 aromatic rings. The van der Waals surface area contributed by atoms with Crippen molar-refractivity contribution in [1.82, 2.24) is 10.2 Å². The van der Waals surface area contributed by atoms with Gasteiger partial charge in [0.15, 0.2) is 0 Å². The number of fused-ring (bicyclic) bond motifs is 2. The van der Waals surface area contributed by atoms with Gasteiger partial charge in [-0.3, -0.25) is 14.5 Å². The van der Waals surface area contributed by atoms with Gasteiger partial charge >= 0.3 is 0 Å². The molecule has 2 heterocycles. The molecule has 3 aliphatic rings. The number of likely N-dealkylation sites (tertiary alicyclic amines) is 1. The highest BCUT2D eigenvalue weighted by Crippen LogP contribution is 2.43. The first-order valence-corrected chi connectivity index (χ1v) is 7.80. The van der Waals surface area contributed by atoms with Crippen LogP contribution in [0.2, 0.25) is 0 Å². The number of nitrogens with zero attached hydrogens (tertiary/aromatic N) is 1. The predicted octanol–water partition coefficient (Wildman–Crippen LogP) is 1.82. The van der Waals surface area contributed by atoms with Gasteiger partial charge in [-0.15, -0.1) is 0 Å². The second-order valence-electron chi connectivity index (χ2n) is 6.76. The topological polar surface area (TPSA) is 49.4 Å². The Morgan fingerprint density at radius 1 is 1.10 bits per heavy atom. The van der Waals surface area contributed by atoms with Gasteiger partial charge in [-0.25, -0.2) is 0 Å². The normalized spacial score (nSPS) is 30.9. The van der Waals surface area contributed by atoms with Crippen LogP contribution in [0.4, 0.5) is 0 Å². The Balaban J connectivity index is 1.55. The molecule has 4 rings (SSSR count). The molecule has 1 aliphatic carbocycles. The summed E-state index contributed by atoms with van der Waals surface area (Å²) in [6, 6.07) is 6.29. The summed E-state index contributed by atoms with van der Waals surface area (Å²) >= 11 is 0. The number of carbonyl (C=O) groups excluding carboxylic acids is 2. The summed E-state index contributed by atoms with van der Waals surface area (Å²) in [6.45, 7) is 4.37. The van der Waals surface area contributed by atoms with Gasteiger partial charge in [0.05, 0.1) is 18.4 Å². The molecule has 1 saturated heterocycles. The van der Waals surface area contributed by atoms with Crippen LogP contribution in [-0.4, -0.2) is 16.7 Å². The van der Waals surface area contributed by atoms with Gasteiger partial charge in [0.1, 0.15) is 0 Å². The average Bonchev–Trinajstić information content (AvgIpc) is 3.12. The summed E-state index contributed by atoms with van der Waals surface area (Å²) in [5.74, 6) is 0.495. The highest BCUT2D eigenvalue weighted by atomic mass is 16.2. The van der Waals surface area contributed by atoms with Crippen molar-refractivity contribution in [2.75, 3.05) is 0 Å². The van der Waals surface area contributed by atoms with E-state index in [4.69, 9.17) is 0 Å². The van der Waals surface area contributed by atoms with E-state index in [1.165, 1.54) is 16.0 Å². The largest absolute Gasteiger partial charge is 0.309 e. The zero-order chi connectivity index (χ0) is 14.6. The molecule has 1 aromatic carbocycles. The van der Waals surface area contributed by atoms with Gasteiger partial charge in [-0.05, 0) is 35.4 Å². The van der Waals surface area contributed by atoms with Crippen LogP contribution in [0.3, 0.4) is 0 Å². The quantitative estimate of drug-likeness (QED) is 0.843. The smallest absolute Gasteiger partial charge is 0.233 e. The van der Waals surface area contributed by atoms with Crippen molar-refractivity contribution in [3.63, 3.8) is 0 Å². The van der Waals surface area contributed by atoms with Crippen LogP contribution in [0, 0.1) is 17.8 Å². The first-order chi connectivity index (χ1) is 10.1. The molecule has 0 bridgehead atoms. The van der Waals surface area contributed by atoms with Crippen molar-refractivity contribution in [2.24, 2.45) is 17.8 Å². The maximum absolute atomic E-state index is 12.5. The van der Waals surface area contributed by atoms with Gasteiger partial charge in [-0.2, -0.15) is 0 Å². The summed E-state index contributed by atoms with van der Waals surface area (Å²) in [5, 5.41) is 3.32. The second kappa shape index (κ2) is 4.67.